The Morgan fingerprint density at radius 2 is 1.29 bits per heavy atom. The average molecular weight is 463 g/mol. The third-order valence-corrected chi connectivity index (χ3v) is 7.24. The van der Waals surface area contributed by atoms with Gasteiger partial charge in [0.15, 0.2) is 0 Å². The molecule has 0 aliphatic rings. The molecule has 0 amide bonds. The van der Waals surface area contributed by atoms with Crippen LogP contribution in [0.4, 0.5) is 0 Å². The number of para-hydroxylation sites is 1. The number of pyridine rings is 1. The number of methoxy groups -OCH3 is 1. The van der Waals surface area contributed by atoms with Crippen LogP contribution in [0.5, 0.6) is 5.75 Å². The fourth-order valence-electron chi connectivity index (χ4n) is 5.12. The van der Waals surface area contributed by atoms with Crippen LogP contribution in [0.2, 0.25) is 0 Å². The second kappa shape index (κ2) is 10.6. The molecule has 6 nitrogen and oxygen atoms in total. The number of likely N-dealkylation sites (N-methyl/N-ethyl adjacent to an activating group) is 2. The van der Waals surface area contributed by atoms with Crippen molar-refractivity contribution >= 4 is 32.8 Å². The first kappa shape index (κ1) is 24.3. The van der Waals surface area contributed by atoms with Gasteiger partial charge in [-0.1, -0.05) is 39.8 Å². The number of fused-ring (bicyclic) bond motifs is 4. The molecule has 0 N–H and O–H groups in total. The lowest BCUT2D eigenvalue weighted by Gasteiger charge is -2.21. The lowest BCUT2D eigenvalue weighted by Crippen LogP contribution is -2.28. The van der Waals surface area contributed by atoms with Crippen molar-refractivity contribution in [2.45, 2.75) is 40.8 Å². The number of rotatable bonds is 11. The van der Waals surface area contributed by atoms with Gasteiger partial charge in [-0.05, 0) is 56.5 Å². The van der Waals surface area contributed by atoms with Crippen LogP contribution in [0.15, 0.2) is 47.3 Å². The summed E-state index contributed by atoms with van der Waals surface area (Å²) in [5, 5.41) is 1.87. The highest BCUT2D eigenvalue weighted by Crippen LogP contribution is 2.32. The minimum absolute atomic E-state index is 0.111. The van der Waals surface area contributed by atoms with Crippen LogP contribution in [-0.4, -0.2) is 65.3 Å². The van der Waals surface area contributed by atoms with Crippen molar-refractivity contribution in [3.8, 4) is 5.75 Å². The number of benzene rings is 2. The van der Waals surface area contributed by atoms with Gasteiger partial charge in [0.05, 0.1) is 23.7 Å². The predicted molar refractivity (Wildman–Crippen MR) is 143 cm³/mol. The number of hydrogen-bond donors (Lipinski definition) is 0. The van der Waals surface area contributed by atoms with E-state index < -0.39 is 0 Å². The summed E-state index contributed by atoms with van der Waals surface area (Å²) < 4.78 is 10.2. The molecule has 0 radical (unpaired) electrons. The molecule has 0 spiro atoms. The molecule has 0 aliphatic carbocycles. The topological polar surface area (TPSA) is 42.6 Å². The van der Waals surface area contributed by atoms with Gasteiger partial charge >= 0.3 is 0 Å². The van der Waals surface area contributed by atoms with Gasteiger partial charge < -0.3 is 23.7 Å². The summed E-state index contributed by atoms with van der Waals surface area (Å²) in [6, 6.07) is 14.2. The van der Waals surface area contributed by atoms with Crippen LogP contribution in [0.25, 0.3) is 32.8 Å². The minimum atomic E-state index is 0.111. The highest BCUT2D eigenvalue weighted by atomic mass is 16.5. The second-order valence-corrected chi connectivity index (χ2v) is 8.78. The first-order valence-corrected chi connectivity index (χ1v) is 12.6. The monoisotopic (exact) mass is 462 g/mol. The zero-order chi connectivity index (χ0) is 24.2. The van der Waals surface area contributed by atoms with Crippen molar-refractivity contribution in [1.82, 2.24) is 18.9 Å². The summed E-state index contributed by atoms with van der Waals surface area (Å²) in [6.07, 6.45) is 0. The standard InChI is InChI=1S/C28H38N4O2/c1-6-29(7-2)16-18-31-24-13-11-10-12-22(24)28(33)27-26(31)23-20-21(34-5)14-15-25(23)32(27)19-17-30(8-3)9-4/h10-15,20H,6-9,16-19H2,1-5H3. The number of nitrogens with zero attached hydrogens (tertiary/aromatic N) is 4. The fraction of sp³-hybridized carbons (Fsp3) is 0.464. The zero-order valence-corrected chi connectivity index (χ0v) is 21.3. The highest BCUT2D eigenvalue weighted by Gasteiger charge is 2.21. The first-order chi connectivity index (χ1) is 16.6. The molecular weight excluding hydrogens is 424 g/mol. The molecule has 2 aromatic carbocycles. The van der Waals surface area contributed by atoms with Crippen molar-refractivity contribution < 1.29 is 4.74 Å². The van der Waals surface area contributed by atoms with Crippen LogP contribution < -0.4 is 10.2 Å². The van der Waals surface area contributed by atoms with Gasteiger partial charge in [-0.2, -0.15) is 0 Å². The molecule has 0 saturated carbocycles. The van der Waals surface area contributed by atoms with Crippen molar-refractivity contribution in [3.63, 3.8) is 0 Å². The van der Waals surface area contributed by atoms with Gasteiger partial charge in [-0.15, -0.1) is 0 Å². The maximum Gasteiger partial charge on any atom is 0.213 e. The van der Waals surface area contributed by atoms with E-state index in [1.165, 1.54) is 0 Å². The van der Waals surface area contributed by atoms with Crippen molar-refractivity contribution in [2.24, 2.45) is 0 Å². The normalized spacial score (nSPS) is 12.1. The van der Waals surface area contributed by atoms with Crippen LogP contribution in [0, 0.1) is 0 Å². The number of aromatic nitrogens is 2. The first-order valence-electron chi connectivity index (χ1n) is 12.6. The van der Waals surface area contributed by atoms with E-state index in [1.54, 1.807) is 7.11 Å². The Bertz CT molecular complexity index is 1330. The number of ether oxygens (including phenoxy) is 1. The summed E-state index contributed by atoms with van der Waals surface area (Å²) in [7, 11) is 1.70. The van der Waals surface area contributed by atoms with Gasteiger partial charge in [-0.3, -0.25) is 4.79 Å². The third-order valence-electron chi connectivity index (χ3n) is 7.24. The van der Waals surface area contributed by atoms with Crippen LogP contribution in [-0.2, 0) is 13.1 Å². The lowest BCUT2D eigenvalue weighted by atomic mass is 10.1. The van der Waals surface area contributed by atoms with Crippen molar-refractivity contribution in [2.75, 3.05) is 46.4 Å². The molecule has 2 heterocycles. The molecule has 6 heteroatoms. The van der Waals surface area contributed by atoms with E-state index in [0.29, 0.717) is 0 Å². The maximum atomic E-state index is 13.9. The van der Waals surface area contributed by atoms with Gasteiger partial charge in [0.2, 0.25) is 5.43 Å². The largest absolute Gasteiger partial charge is 0.497 e. The average Bonchev–Trinajstić information content (AvgIpc) is 3.20. The van der Waals surface area contributed by atoms with E-state index in [9.17, 15) is 4.79 Å². The molecule has 34 heavy (non-hydrogen) atoms. The second-order valence-electron chi connectivity index (χ2n) is 8.78. The molecule has 0 aliphatic heterocycles. The van der Waals surface area contributed by atoms with E-state index in [0.717, 1.165) is 90.9 Å². The van der Waals surface area contributed by atoms with E-state index in [1.807, 2.05) is 24.3 Å². The Balaban J connectivity index is 2.04. The molecular formula is C28H38N4O2. The summed E-state index contributed by atoms with van der Waals surface area (Å²) >= 11 is 0. The molecule has 0 saturated heterocycles. The smallest absolute Gasteiger partial charge is 0.213 e. The van der Waals surface area contributed by atoms with Crippen molar-refractivity contribution in [3.05, 3.63) is 52.7 Å². The van der Waals surface area contributed by atoms with Crippen LogP contribution in [0.3, 0.4) is 0 Å². The van der Waals surface area contributed by atoms with Gasteiger partial charge in [0.1, 0.15) is 11.3 Å². The van der Waals surface area contributed by atoms with Gasteiger partial charge in [0.25, 0.3) is 0 Å². The van der Waals surface area contributed by atoms with Gasteiger partial charge in [-0.25, -0.2) is 0 Å². The number of hydrogen-bond acceptors (Lipinski definition) is 4. The summed E-state index contributed by atoms with van der Waals surface area (Å²) in [6.45, 7) is 16.2. The molecule has 0 fully saturated rings. The molecule has 182 valence electrons. The van der Waals surface area contributed by atoms with E-state index in [-0.39, 0.29) is 5.43 Å². The summed E-state index contributed by atoms with van der Waals surface area (Å²) in [4.78, 5) is 18.8. The summed E-state index contributed by atoms with van der Waals surface area (Å²) in [5.41, 5.74) is 4.02. The summed E-state index contributed by atoms with van der Waals surface area (Å²) in [5.74, 6) is 0.811. The minimum Gasteiger partial charge on any atom is -0.497 e. The Labute approximate surface area is 202 Å². The third kappa shape index (κ3) is 4.32. The molecule has 0 unspecified atom stereocenters. The van der Waals surface area contributed by atoms with Gasteiger partial charge in [0, 0.05) is 37.0 Å². The van der Waals surface area contributed by atoms with E-state index in [2.05, 4.69) is 64.8 Å². The SMILES string of the molecule is CCN(CC)CCn1c2ccc(OC)cc2c2c1c(=O)c1ccccc1n2CCN(CC)CC. The molecule has 4 aromatic rings. The Morgan fingerprint density at radius 1 is 0.735 bits per heavy atom. The fourth-order valence-corrected chi connectivity index (χ4v) is 5.12. The molecule has 0 bridgehead atoms. The zero-order valence-electron chi connectivity index (χ0n) is 21.3. The molecule has 2 aromatic heterocycles. The lowest BCUT2D eigenvalue weighted by molar-refractivity contribution is 0.292. The van der Waals surface area contributed by atoms with Crippen LogP contribution >= 0.6 is 0 Å². The molecule has 0 atom stereocenters. The van der Waals surface area contributed by atoms with Crippen LogP contribution in [0.1, 0.15) is 27.7 Å². The Kier molecular flexibility index (Phi) is 7.59. The quantitative estimate of drug-likeness (QED) is 0.321. The maximum absolute atomic E-state index is 13.9. The van der Waals surface area contributed by atoms with E-state index >= 15 is 0 Å². The van der Waals surface area contributed by atoms with Crippen molar-refractivity contribution in [1.29, 1.82) is 0 Å². The Morgan fingerprint density at radius 3 is 1.88 bits per heavy atom. The highest BCUT2D eigenvalue weighted by molar-refractivity contribution is 6.10. The van der Waals surface area contributed by atoms with E-state index in [4.69, 9.17) is 4.74 Å². The Hall–Kier alpha value is -2.83. The predicted octanol–water partition coefficient (Wildman–Crippen LogP) is 4.80. The molecule has 4 rings (SSSR count).